The molecule has 0 spiro atoms. The molecule has 0 fully saturated rings. The number of aromatic nitrogens is 4. The number of hydrogen-bond acceptors (Lipinski definition) is 6. The number of nitrogens with zero attached hydrogens (tertiary/aromatic N) is 5. The molecule has 1 amide bonds. The molecule has 1 aliphatic heterocycles. The van der Waals surface area contributed by atoms with Crippen molar-refractivity contribution in [3.8, 4) is 22.5 Å². The molecule has 5 rings (SSSR count). The number of fused-ring (bicyclic) bond motifs is 1. The summed E-state index contributed by atoms with van der Waals surface area (Å²) in [5, 5.41) is 17.9. The minimum Gasteiger partial charge on any atom is -0.503 e. The fourth-order valence-corrected chi connectivity index (χ4v) is 2.97. The highest BCUT2D eigenvalue weighted by molar-refractivity contribution is 5.93. The fourth-order valence-electron chi connectivity index (χ4n) is 2.97. The first-order chi connectivity index (χ1) is 14.0. The molecule has 0 saturated heterocycles. The summed E-state index contributed by atoms with van der Waals surface area (Å²) in [5.74, 6) is -0.419. The standard InChI is InChI=1S/C16H12N4O.C5H7NO2/c1-20-16-13(10-17-20)5-6-14(18-16)11-3-2-4-12(9-11)15-7-8-21-19-15;1-6-3-2-4(7)5(6)8/h2-10H,1H3;2,7H,3H2,1H3. The van der Waals surface area contributed by atoms with Gasteiger partial charge in [-0.1, -0.05) is 23.4 Å². The van der Waals surface area contributed by atoms with E-state index in [9.17, 15) is 4.79 Å². The van der Waals surface area contributed by atoms with Crippen LogP contribution < -0.4 is 0 Å². The molecule has 29 heavy (non-hydrogen) atoms. The van der Waals surface area contributed by atoms with E-state index >= 15 is 0 Å². The lowest BCUT2D eigenvalue weighted by Gasteiger charge is -2.04. The number of aryl methyl sites for hydroxylation is 1. The molecule has 0 atom stereocenters. The Bertz CT molecular complexity index is 1190. The predicted octanol–water partition coefficient (Wildman–Crippen LogP) is 3.19. The molecule has 3 aromatic heterocycles. The first kappa shape index (κ1) is 18.4. The summed E-state index contributed by atoms with van der Waals surface area (Å²) in [6, 6.07) is 14.0. The van der Waals surface area contributed by atoms with Gasteiger partial charge in [-0.15, -0.1) is 0 Å². The van der Waals surface area contributed by atoms with E-state index in [-0.39, 0.29) is 11.7 Å². The van der Waals surface area contributed by atoms with E-state index in [0.29, 0.717) is 6.54 Å². The van der Waals surface area contributed by atoms with Crippen molar-refractivity contribution in [2.75, 3.05) is 13.6 Å². The van der Waals surface area contributed by atoms with Crippen LogP contribution in [0.5, 0.6) is 0 Å². The molecule has 4 aromatic rings. The summed E-state index contributed by atoms with van der Waals surface area (Å²) in [5.41, 5.74) is 4.65. The van der Waals surface area contributed by atoms with Crippen LogP contribution >= 0.6 is 0 Å². The quantitative estimate of drug-likeness (QED) is 0.565. The monoisotopic (exact) mass is 389 g/mol. The number of hydrogen-bond donors (Lipinski definition) is 1. The third kappa shape index (κ3) is 3.73. The molecule has 0 saturated carbocycles. The zero-order valence-corrected chi connectivity index (χ0v) is 16.0. The Morgan fingerprint density at radius 1 is 1.07 bits per heavy atom. The third-order valence-corrected chi connectivity index (χ3v) is 4.60. The molecule has 8 heteroatoms. The molecule has 4 heterocycles. The van der Waals surface area contributed by atoms with Crippen molar-refractivity contribution in [3.05, 3.63) is 66.8 Å². The van der Waals surface area contributed by atoms with Crippen LogP contribution in [0.25, 0.3) is 33.5 Å². The minimum atomic E-state index is -0.287. The Kier molecular flexibility index (Phi) is 4.82. The van der Waals surface area contributed by atoms with Gasteiger partial charge in [0.05, 0.1) is 11.9 Å². The maximum Gasteiger partial charge on any atom is 0.288 e. The zero-order valence-electron chi connectivity index (χ0n) is 16.0. The molecule has 0 unspecified atom stereocenters. The Hall–Kier alpha value is -3.94. The van der Waals surface area contributed by atoms with Gasteiger partial charge < -0.3 is 14.5 Å². The number of benzene rings is 1. The van der Waals surface area contributed by atoms with E-state index in [1.807, 2.05) is 49.6 Å². The van der Waals surface area contributed by atoms with Gasteiger partial charge in [0, 0.05) is 43.2 Å². The fraction of sp³-hybridized carbons (Fsp3) is 0.143. The van der Waals surface area contributed by atoms with E-state index in [2.05, 4.69) is 21.3 Å². The van der Waals surface area contributed by atoms with Gasteiger partial charge >= 0.3 is 0 Å². The van der Waals surface area contributed by atoms with E-state index in [1.165, 1.54) is 11.0 Å². The van der Waals surface area contributed by atoms with Crippen LogP contribution in [0.15, 0.2) is 71.3 Å². The van der Waals surface area contributed by atoms with E-state index in [0.717, 1.165) is 33.5 Å². The van der Waals surface area contributed by atoms with Crippen LogP contribution in [0.4, 0.5) is 0 Å². The maximum absolute atomic E-state index is 10.5. The highest BCUT2D eigenvalue weighted by Crippen LogP contribution is 2.25. The minimum absolute atomic E-state index is 0.132. The number of pyridine rings is 1. The lowest BCUT2D eigenvalue weighted by Crippen LogP contribution is -2.21. The molecular weight excluding hydrogens is 370 g/mol. The maximum atomic E-state index is 10.5. The highest BCUT2D eigenvalue weighted by atomic mass is 16.5. The average Bonchev–Trinajstić information content (AvgIpc) is 3.48. The van der Waals surface area contributed by atoms with E-state index in [1.54, 1.807) is 18.0 Å². The van der Waals surface area contributed by atoms with E-state index < -0.39 is 0 Å². The van der Waals surface area contributed by atoms with Crippen LogP contribution in [-0.2, 0) is 11.8 Å². The van der Waals surface area contributed by atoms with Gasteiger partial charge in [-0.25, -0.2) is 4.98 Å². The van der Waals surface area contributed by atoms with Crippen molar-refractivity contribution in [1.29, 1.82) is 0 Å². The summed E-state index contributed by atoms with van der Waals surface area (Å²) in [7, 11) is 3.53. The van der Waals surface area contributed by atoms with Crippen LogP contribution in [0.2, 0.25) is 0 Å². The number of rotatable bonds is 2. The highest BCUT2D eigenvalue weighted by Gasteiger charge is 2.18. The normalized spacial score (nSPS) is 13.4. The SMILES string of the molecule is CN1CC=C(O)C1=O.Cn1ncc2ccc(-c3cccc(-c4ccon4)c3)nc21. The Morgan fingerprint density at radius 2 is 1.86 bits per heavy atom. The molecule has 1 aromatic carbocycles. The lowest BCUT2D eigenvalue weighted by atomic mass is 10.1. The molecule has 0 bridgehead atoms. The second kappa shape index (κ2) is 7.59. The van der Waals surface area contributed by atoms with Crippen molar-refractivity contribution in [2.45, 2.75) is 0 Å². The summed E-state index contributed by atoms with van der Waals surface area (Å²) in [6.07, 6.45) is 4.88. The van der Waals surface area contributed by atoms with Gasteiger partial charge in [-0.3, -0.25) is 9.48 Å². The first-order valence-corrected chi connectivity index (χ1v) is 8.97. The van der Waals surface area contributed by atoms with Gasteiger partial charge in [0.15, 0.2) is 11.4 Å². The lowest BCUT2D eigenvalue weighted by molar-refractivity contribution is -0.126. The van der Waals surface area contributed by atoms with Gasteiger partial charge in [-0.05, 0) is 24.3 Å². The van der Waals surface area contributed by atoms with Gasteiger partial charge in [0.25, 0.3) is 5.91 Å². The number of carbonyl (C=O) groups is 1. The summed E-state index contributed by atoms with van der Waals surface area (Å²) < 4.78 is 6.68. The van der Waals surface area contributed by atoms with Gasteiger partial charge in [0.1, 0.15) is 12.0 Å². The Morgan fingerprint density at radius 3 is 2.48 bits per heavy atom. The molecule has 1 N–H and O–H groups in total. The smallest absolute Gasteiger partial charge is 0.288 e. The number of aliphatic hydroxyl groups is 1. The molecule has 146 valence electrons. The van der Waals surface area contributed by atoms with Crippen molar-refractivity contribution in [3.63, 3.8) is 0 Å². The second-order valence-corrected chi connectivity index (χ2v) is 6.62. The van der Waals surface area contributed by atoms with Gasteiger partial charge in [0.2, 0.25) is 0 Å². The van der Waals surface area contributed by atoms with Crippen LogP contribution in [-0.4, -0.2) is 49.4 Å². The summed E-state index contributed by atoms with van der Waals surface area (Å²) >= 11 is 0. The Balaban J connectivity index is 0.000000216. The van der Waals surface area contributed by atoms with Crippen LogP contribution in [0, 0.1) is 0 Å². The summed E-state index contributed by atoms with van der Waals surface area (Å²) in [6.45, 7) is 0.532. The molecule has 8 nitrogen and oxygen atoms in total. The van der Waals surface area contributed by atoms with Crippen LogP contribution in [0.1, 0.15) is 0 Å². The van der Waals surface area contributed by atoms with Crippen molar-refractivity contribution in [1.82, 2.24) is 24.8 Å². The Labute approximate surface area is 166 Å². The summed E-state index contributed by atoms with van der Waals surface area (Å²) in [4.78, 5) is 16.6. The van der Waals surface area contributed by atoms with Crippen molar-refractivity contribution >= 4 is 16.9 Å². The third-order valence-electron chi connectivity index (χ3n) is 4.60. The average molecular weight is 389 g/mol. The molecular formula is C21H19N5O3. The van der Waals surface area contributed by atoms with Crippen LogP contribution in [0.3, 0.4) is 0 Å². The molecule has 0 radical (unpaired) electrons. The number of aliphatic hydroxyl groups excluding tert-OH is 1. The molecule has 0 aliphatic carbocycles. The second-order valence-electron chi connectivity index (χ2n) is 6.62. The number of carbonyl (C=O) groups excluding carboxylic acids is 1. The van der Waals surface area contributed by atoms with Crippen molar-refractivity contribution < 1.29 is 14.4 Å². The zero-order chi connectivity index (χ0) is 20.4. The number of amides is 1. The number of likely N-dealkylation sites (N-methyl/N-ethyl adjacent to an activating group) is 1. The first-order valence-electron chi connectivity index (χ1n) is 8.97. The predicted molar refractivity (Wildman–Crippen MR) is 108 cm³/mol. The topological polar surface area (TPSA) is 97.3 Å². The van der Waals surface area contributed by atoms with E-state index in [4.69, 9.17) is 9.63 Å². The van der Waals surface area contributed by atoms with Crippen molar-refractivity contribution in [2.24, 2.45) is 7.05 Å². The van der Waals surface area contributed by atoms with Gasteiger partial charge in [-0.2, -0.15) is 5.10 Å². The molecule has 1 aliphatic rings. The largest absolute Gasteiger partial charge is 0.503 e.